The van der Waals surface area contributed by atoms with Crippen molar-refractivity contribution in [3.05, 3.63) is 22.4 Å². The van der Waals surface area contributed by atoms with Gasteiger partial charge in [0.2, 0.25) is 0 Å². The molecule has 2 atom stereocenters. The molecule has 1 aliphatic heterocycles. The van der Waals surface area contributed by atoms with Crippen LogP contribution in [0.1, 0.15) is 12.8 Å². The largest absolute Gasteiger partial charge is 0.479 e. The lowest BCUT2D eigenvalue weighted by atomic mass is 10.2. The molecule has 0 saturated carbocycles. The molecule has 1 aromatic heterocycles. The Balaban J connectivity index is 1.93. The number of nitro groups is 1. The Morgan fingerprint density at radius 1 is 1.71 bits per heavy atom. The molecule has 1 aromatic rings. The van der Waals surface area contributed by atoms with Gasteiger partial charge in [0.15, 0.2) is 6.10 Å². The fourth-order valence-corrected chi connectivity index (χ4v) is 1.78. The fraction of sp³-hybridized carbons (Fsp3) is 0.556. The lowest BCUT2D eigenvalue weighted by Gasteiger charge is -2.08. The van der Waals surface area contributed by atoms with Crippen LogP contribution in [0.5, 0.6) is 0 Å². The number of carboxylic acid groups (broad SMARTS) is 1. The molecule has 1 fully saturated rings. The van der Waals surface area contributed by atoms with E-state index in [2.05, 4.69) is 5.10 Å². The monoisotopic (exact) mass is 241 g/mol. The van der Waals surface area contributed by atoms with Crippen molar-refractivity contribution in [1.82, 2.24) is 9.78 Å². The molecular formula is C9H11N3O5. The predicted molar refractivity (Wildman–Crippen MR) is 54.4 cm³/mol. The summed E-state index contributed by atoms with van der Waals surface area (Å²) in [6.45, 7) is 0.331. The minimum absolute atomic E-state index is 0.224. The van der Waals surface area contributed by atoms with E-state index >= 15 is 0 Å². The summed E-state index contributed by atoms with van der Waals surface area (Å²) in [5, 5.41) is 22.9. The Morgan fingerprint density at radius 2 is 2.47 bits per heavy atom. The molecule has 92 valence electrons. The van der Waals surface area contributed by atoms with Gasteiger partial charge in [-0.2, -0.15) is 4.68 Å². The van der Waals surface area contributed by atoms with Crippen LogP contribution in [-0.4, -0.2) is 38.0 Å². The van der Waals surface area contributed by atoms with Crippen LogP contribution in [-0.2, 0) is 16.1 Å². The third-order valence-corrected chi connectivity index (χ3v) is 2.59. The topological polar surface area (TPSA) is 107 Å². The maximum Gasteiger partial charge on any atom is 0.389 e. The van der Waals surface area contributed by atoms with Crippen molar-refractivity contribution < 1.29 is 19.6 Å². The van der Waals surface area contributed by atoms with Crippen LogP contribution in [0.3, 0.4) is 0 Å². The summed E-state index contributed by atoms with van der Waals surface area (Å²) in [7, 11) is 0. The van der Waals surface area contributed by atoms with E-state index < -0.39 is 17.0 Å². The molecule has 0 aliphatic carbocycles. The SMILES string of the molecule is O=C(O)C1CCC(Cn2ccc([N+](=O)[O-])n2)O1. The number of nitrogens with zero attached hydrogens (tertiary/aromatic N) is 3. The molecule has 2 heterocycles. The van der Waals surface area contributed by atoms with E-state index in [1.54, 1.807) is 0 Å². The zero-order chi connectivity index (χ0) is 12.4. The first-order valence-corrected chi connectivity index (χ1v) is 5.12. The van der Waals surface area contributed by atoms with E-state index in [0.717, 1.165) is 0 Å². The number of aliphatic carboxylic acids is 1. The molecule has 0 aromatic carbocycles. The second-order valence-electron chi connectivity index (χ2n) is 3.82. The van der Waals surface area contributed by atoms with E-state index in [1.807, 2.05) is 0 Å². The van der Waals surface area contributed by atoms with Crippen molar-refractivity contribution >= 4 is 11.8 Å². The number of hydrogen-bond donors (Lipinski definition) is 1. The highest BCUT2D eigenvalue weighted by Gasteiger charge is 2.31. The van der Waals surface area contributed by atoms with Crippen molar-refractivity contribution in [3.63, 3.8) is 0 Å². The Hall–Kier alpha value is -1.96. The minimum Gasteiger partial charge on any atom is -0.479 e. The summed E-state index contributed by atoms with van der Waals surface area (Å²) in [6, 6.07) is 1.30. The summed E-state index contributed by atoms with van der Waals surface area (Å²) in [6.07, 6.45) is 1.53. The van der Waals surface area contributed by atoms with E-state index in [9.17, 15) is 14.9 Å². The molecule has 1 saturated heterocycles. The van der Waals surface area contributed by atoms with Gasteiger partial charge in [-0.15, -0.1) is 0 Å². The number of carboxylic acids is 1. The van der Waals surface area contributed by atoms with Gasteiger partial charge in [0, 0.05) is 0 Å². The van der Waals surface area contributed by atoms with Crippen LogP contribution in [0.2, 0.25) is 0 Å². The van der Waals surface area contributed by atoms with E-state index in [0.29, 0.717) is 19.4 Å². The fourth-order valence-electron chi connectivity index (χ4n) is 1.78. The maximum absolute atomic E-state index is 10.7. The first-order chi connectivity index (χ1) is 8.06. The highest BCUT2D eigenvalue weighted by atomic mass is 16.6. The van der Waals surface area contributed by atoms with Gasteiger partial charge < -0.3 is 20.0 Å². The van der Waals surface area contributed by atoms with Gasteiger partial charge in [-0.05, 0) is 17.8 Å². The zero-order valence-corrected chi connectivity index (χ0v) is 8.85. The van der Waals surface area contributed by atoms with Crippen molar-refractivity contribution in [2.45, 2.75) is 31.6 Å². The number of rotatable bonds is 4. The molecule has 0 spiro atoms. The van der Waals surface area contributed by atoms with E-state index in [-0.39, 0.29) is 11.9 Å². The lowest BCUT2D eigenvalue weighted by Crippen LogP contribution is -2.23. The highest BCUT2D eigenvalue weighted by molar-refractivity contribution is 5.72. The molecule has 0 bridgehead atoms. The van der Waals surface area contributed by atoms with Gasteiger partial charge >= 0.3 is 11.8 Å². The first kappa shape index (κ1) is 11.5. The van der Waals surface area contributed by atoms with Gasteiger partial charge in [-0.1, -0.05) is 0 Å². The molecule has 2 unspecified atom stereocenters. The molecule has 1 N–H and O–H groups in total. The van der Waals surface area contributed by atoms with Crippen molar-refractivity contribution in [2.75, 3.05) is 0 Å². The summed E-state index contributed by atoms with van der Waals surface area (Å²) >= 11 is 0. The Bertz CT molecular complexity index is 444. The average molecular weight is 241 g/mol. The van der Waals surface area contributed by atoms with Crippen LogP contribution in [0, 0.1) is 10.1 Å². The lowest BCUT2D eigenvalue weighted by molar-refractivity contribution is -0.389. The average Bonchev–Trinajstić information content (AvgIpc) is 2.87. The van der Waals surface area contributed by atoms with Crippen molar-refractivity contribution in [1.29, 1.82) is 0 Å². The van der Waals surface area contributed by atoms with Gasteiger partial charge in [0.25, 0.3) is 0 Å². The molecule has 8 heteroatoms. The maximum atomic E-state index is 10.7. The Morgan fingerprint density at radius 3 is 3.00 bits per heavy atom. The molecule has 0 radical (unpaired) electrons. The van der Waals surface area contributed by atoms with Crippen molar-refractivity contribution in [3.8, 4) is 0 Å². The second kappa shape index (κ2) is 4.50. The second-order valence-corrected chi connectivity index (χ2v) is 3.82. The van der Waals surface area contributed by atoms with Gasteiger partial charge in [-0.3, -0.25) is 0 Å². The van der Waals surface area contributed by atoms with E-state index in [4.69, 9.17) is 9.84 Å². The quantitative estimate of drug-likeness (QED) is 0.604. The Kier molecular flexibility index (Phi) is 3.05. The summed E-state index contributed by atoms with van der Waals surface area (Å²) in [5.41, 5.74) is 0. The van der Waals surface area contributed by atoms with Crippen LogP contribution in [0.25, 0.3) is 0 Å². The molecular weight excluding hydrogens is 230 g/mol. The van der Waals surface area contributed by atoms with E-state index in [1.165, 1.54) is 16.9 Å². The number of hydrogen-bond acceptors (Lipinski definition) is 5. The van der Waals surface area contributed by atoms with Gasteiger partial charge in [0.05, 0.1) is 30.0 Å². The summed E-state index contributed by atoms with van der Waals surface area (Å²) in [4.78, 5) is 20.5. The first-order valence-electron chi connectivity index (χ1n) is 5.12. The number of ether oxygens (including phenoxy) is 1. The standard InChI is InChI=1S/C9H11N3O5/c13-9(14)7-2-1-6(17-7)5-11-4-3-8(10-11)12(15)16/h3-4,6-7H,1-2,5H2,(H,13,14). The number of carbonyl (C=O) groups is 1. The highest BCUT2D eigenvalue weighted by Crippen LogP contribution is 2.21. The molecule has 2 rings (SSSR count). The van der Waals surface area contributed by atoms with Crippen LogP contribution >= 0.6 is 0 Å². The molecule has 1 aliphatic rings. The smallest absolute Gasteiger partial charge is 0.389 e. The minimum atomic E-state index is -0.973. The zero-order valence-electron chi connectivity index (χ0n) is 8.85. The van der Waals surface area contributed by atoms with Crippen molar-refractivity contribution in [2.24, 2.45) is 0 Å². The van der Waals surface area contributed by atoms with Crippen LogP contribution in [0.15, 0.2) is 12.3 Å². The summed E-state index contributed by atoms with van der Waals surface area (Å²) in [5.74, 6) is -1.20. The molecule has 8 nitrogen and oxygen atoms in total. The summed E-state index contributed by atoms with van der Waals surface area (Å²) < 4.78 is 6.66. The third-order valence-electron chi connectivity index (χ3n) is 2.59. The number of aromatic nitrogens is 2. The normalized spacial score (nSPS) is 23.8. The predicted octanol–water partition coefficient (Wildman–Crippen LogP) is 0.423. The van der Waals surface area contributed by atoms with Gasteiger partial charge in [0.1, 0.15) is 0 Å². The van der Waals surface area contributed by atoms with Gasteiger partial charge in [-0.25, -0.2) is 4.79 Å². The van der Waals surface area contributed by atoms with Crippen LogP contribution < -0.4 is 0 Å². The molecule has 0 amide bonds. The molecule has 17 heavy (non-hydrogen) atoms. The van der Waals surface area contributed by atoms with Crippen LogP contribution in [0.4, 0.5) is 5.82 Å². The third kappa shape index (κ3) is 2.59. The Labute approximate surface area is 95.9 Å².